The van der Waals surface area contributed by atoms with Crippen molar-refractivity contribution in [2.75, 3.05) is 5.32 Å². The van der Waals surface area contributed by atoms with Crippen molar-refractivity contribution in [3.63, 3.8) is 0 Å². The van der Waals surface area contributed by atoms with Crippen molar-refractivity contribution in [1.82, 2.24) is 0 Å². The molecule has 0 unspecified atom stereocenters. The van der Waals surface area contributed by atoms with Gasteiger partial charge in [0, 0.05) is 10.2 Å². The van der Waals surface area contributed by atoms with Gasteiger partial charge in [-0.2, -0.15) is 0 Å². The number of amides is 1. The Kier molecular flexibility index (Phi) is 5.26. The molecule has 0 heterocycles. The standard InChI is InChI=1S/C19H21BrN2O/c1-5-6-14-7-8-15(16(17(14)20)19(21)23)22-18-12(3)9-11(2)10-13(18)4/h5,7-10,22H,1,6H2,2-4H3,(H2,21,23). The van der Waals surface area contributed by atoms with Gasteiger partial charge in [0.2, 0.25) is 0 Å². The van der Waals surface area contributed by atoms with Crippen LogP contribution in [0.4, 0.5) is 11.4 Å². The van der Waals surface area contributed by atoms with E-state index in [2.05, 4.69) is 46.9 Å². The summed E-state index contributed by atoms with van der Waals surface area (Å²) in [6, 6.07) is 8.09. The Bertz CT molecular complexity index is 758. The predicted molar refractivity (Wildman–Crippen MR) is 100 cm³/mol. The van der Waals surface area contributed by atoms with Crippen LogP contribution in [-0.4, -0.2) is 5.91 Å². The quantitative estimate of drug-likeness (QED) is 0.729. The van der Waals surface area contributed by atoms with Crippen LogP contribution in [0.5, 0.6) is 0 Å². The normalized spacial score (nSPS) is 10.4. The summed E-state index contributed by atoms with van der Waals surface area (Å²) in [5.41, 5.74) is 12.2. The highest BCUT2D eigenvalue weighted by Crippen LogP contribution is 2.33. The van der Waals surface area contributed by atoms with Gasteiger partial charge in [0.15, 0.2) is 0 Å². The van der Waals surface area contributed by atoms with Gasteiger partial charge < -0.3 is 11.1 Å². The average molecular weight is 373 g/mol. The van der Waals surface area contributed by atoms with Gasteiger partial charge in [0.1, 0.15) is 0 Å². The second-order valence-corrected chi connectivity index (χ2v) is 6.51. The molecule has 0 aliphatic carbocycles. The third-order valence-corrected chi connectivity index (χ3v) is 4.68. The fraction of sp³-hybridized carbons (Fsp3) is 0.211. The van der Waals surface area contributed by atoms with Crippen LogP contribution >= 0.6 is 15.9 Å². The lowest BCUT2D eigenvalue weighted by Gasteiger charge is -2.18. The lowest BCUT2D eigenvalue weighted by Crippen LogP contribution is -2.15. The maximum Gasteiger partial charge on any atom is 0.251 e. The minimum absolute atomic E-state index is 0.462. The number of anilines is 2. The third kappa shape index (κ3) is 3.64. The SMILES string of the molecule is C=CCc1ccc(Nc2c(C)cc(C)cc2C)c(C(N)=O)c1Br. The Morgan fingerprint density at radius 1 is 1.26 bits per heavy atom. The second kappa shape index (κ2) is 7.01. The number of nitrogens with one attached hydrogen (secondary N) is 1. The Morgan fingerprint density at radius 3 is 2.39 bits per heavy atom. The van der Waals surface area contributed by atoms with E-state index in [1.165, 1.54) is 5.56 Å². The third-order valence-electron chi connectivity index (χ3n) is 3.77. The number of hydrogen-bond donors (Lipinski definition) is 2. The minimum atomic E-state index is -0.465. The van der Waals surface area contributed by atoms with Crippen LogP contribution in [0.25, 0.3) is 0 Å². The molecule has 0 aliphatic heterocycles. The Hall–Kier alpha value is -2.07. The number of aryl methyl sites for hydroxylation is 3. The first-order valence-corrected chi connectivity index (χ1v) is 8.21. The van der Waals surface area contributed by atoms with E-state index in [4.69, 9.17) is 5.73 Å². The topological polar surface area (TPSA) is 55.1 Å². The summed E-state index contributed by atoms with van der Waals surface area (Å²) >= 11 is 3.51. The zero-order valence-electron chi connectivity index (χ0n) is 13.7. The number of allylic oxidation sites excluding steroid dienone is 1. The molecule has 0 bridgehead atoms. The lowest BCUT2D eigenvalue weighted by atomic mass is 10.0. The first-order chi connectivity index (χ1) is 10.8. The smallest absolute Gasteiger partial charge is 0.251 e. The zero-order valence-corrected chi connectivity index (χ0v) is 15.3. The van der Waals surface area contributed by atoms with E-state index in [1.54, 1.807) is 6.08 Å². The van der Waals surface area contributed by atoms with Crippen molar-refractivity contribution in [3.05, 3.63) is 69.2 Å². The highest BCUT2D eigenvalue weighted by molar-refractivity contribution is 9.10. The summed E-state index contributed by atoms with van der Waals surface area (Å²) in [6.45, 7) is 9.91. The molecule has 0 saturated heterocycles. The van der Waals surface area contributed by atoms with Crippen molar-refractivity contribution in [1.29, 1.82) is 0 Å². The van der Waals surface area contributed by atoms with Crippen LogP contribution in [0.15, 0.2) is 41.4 Å². The first kappa shape index (κ1) is 17.3. The summed E-state index contributed by atoms with van der Waals surface area (Å²) in [5, 5.41) is 3.37. The molecular formula is C19H21BrN2O. The van der Waals surface area contributed by atoms with Gasteiger partial charge in [-0.25, -0.2) is 0 Å². The summed E-state index contributed by atoms with van der Waals surface area (Å²) in [4.78, 5) is 11.9. The number of nitrogens with two attached hydrogens (primary N) is 1. The molecule has 1 amide bonds. The number of carbonyl (C=O) groups is 1. The molecule has 23 heavy (non-hydrogen) atoms. The minimum Gasteiger partial charge on any atom is -0.365 e. The van der Waals surface area contributed by atoms with Crippen molar-refractivity contribution >= 4 is 33.2 Å². The fourth-order valence-corrected chi connectivity index (χ4v) is 3.49. The maximum absolute atomic E-state index is 11.9. The summed E-state index contributed by atoms with van der Waals surface area (Å²) in [6.07, 6.45) is 2.47. The molecule has 4 heteroatoms. The number of benzene rings is 2. The van der Waals surface area contributed by atoms with E-state index < -0.39 is 5.91 Å². The highest BCUT2D eigenvalue weighted by Gasteiger charge is 2.17. The van der Waals surface area contributed by atoms with Gasteiger partial charge in [-0.1, -0.05) is 29.8 Å². The van der Waals surface area contributed by atoms with E-state index in [-0.39, 0.29) is 0 Å². The van der Waals surface area contributed by atoms with Crippen molar-refractivity contribution in [2.24, 2.45) is 5.73 Å². The molecule has 3 nitrogen and oxygen atoms in total. The van der Waals surface area contributed by atoms with Gasteiger partial charge in [-0.3, -0.25) is 4.79 Å². The zero-order chi connectivity index (χ0) is 17.1. The van der Waals surface area contributed by atoms with Gasteiger partial charge in [-0.15, -0.1) is 6.58 Å². The van der Waals surface area contributed by atoms with Gasteiger partial charge in [0.25, 0.3) is 5.91 Å². The molecule has 3 N–H and O–H groups in total. The molecule has 120 valence electrons. The molecule has 2 rings (SSSR count). The van der Waals surface area contributed by atoms with Crippen molar-refractivity contribution < 1.29 is 4.79 Å². The number of primary amides is 1. The molecule has 0 aromatic heterocycles. The van der Waals surface area contributed by atoms with Crippen molar-refractivity contribution in [3.8, 4) is 0 Å². The van der Waals surface area contributed by atoms with E-state index in [0.29, 0.717) is 17.7 Å². The number of rotatable bonds is 5. The van der Waals surface area contributed by atoms with Crippen LogP contribution < -0.4 is 11.1 Å². The number of hydrogen-bond acceptors (Lipinski definition) is 2. The Labute approximate surface area is 145 Å². The van der Waals surface area contributed by atoms with E-state index >= 15 is 0 Å². The van der Waals surface area contributed by atoms with Gasteiger partial charge >= 0.3 is 0 Å². The molecule has 0 saturated carbocycles. The summed E-state index contributed by atoms with van der Waals surface area (Å²) in [5.74, 6) is -0.465. The molecule has 2 aromatic carbocycles. The molecule has 0 radical (unpaired) electrons. The molecular weight excluding hydrogens is 352 g/mol. The summed E-state index contributed by atoms with van der Waals surface area (Å²) in [7, 11) is 0. The number of halogens is 1. The molecule has 0 aliphatic rings. The van der Waals surface area contributed by atoms with Gasteiger partial charge in [0.05, 0.1) is 11.3 Å². The van der Waals surface area contributed by atoms with E-state index in [0.717, 1.165) is 26.9 Å². The van der Waals surface area contributed by atoms with Crippen LogP contribution in [-0.2, 0) is 6.42 Å². The largest absolute Gasteiger partial charge is 0.365 e. The average Bonchev–Trinajstić information content (AvgIpc) is 2.45. The van der Waals surface area contributed by atoms with Crippen LogP contribution in [0, 0.1) is 20.8 Å². The monoisotopic (exact) mass is 372 g/mol. The molecule has 0 fully saturated rings. The highest BCUT2D eigenvalue weighted by atomic mass is 79.9. The fourth-order valence-electron chi connectivity index (χ4n) is 2.79. The Morgan fingerprint density at radius 2 is 1.87 bits per heavy atom. The second-order valence-electron chi connectivity index (χ2n) is 5.72. The first-order valence-electron chi connectivity index (χ1n) is 7.42. The maximum atomic E-state index is 11.9. The van der Waals surface area contributed by atoms with Gasteiger partial charge in [-0.05, 0) is 65.9 Å². The predicted octanol–water partition coefficient (Wildman–Crippen LogP) is 4.95. The Balaban J connectivity index is 2.55. The van der Waals surface area contributed by atoms with Crippen molar-refractivity contribution in [2.45, 2.75) is 27.2 Å². The van der Waals surface area contributed by atoms with Crippen LogP contribution in [0.1, 0.15) is 32.6 Å². The number of carbonyl (C=O) groups excluding carboxylic acids is 1. The summed E-state index contributed by atoms with van der Waals surface area (Å²) < 4.78 is 0.720. The van der Waals surface area contributed by atoms with E-state index in [9.17, 15) is 4.79 Å². The van der Waals surface area contributed by atoms with Crippen LogP contribution in [0.2, 0.25) is 0 Å². The lowest BCUT2D eigenvalue weighted by molar-refractivity contribution is 0.100. The molecule has 2 aromatic rings. The molecule has 0 spiro atoms. The van der Waals surface area contributed by atoms with Crippen LogP contribution in [0.3, 0.4) is 0 Å². The van der Waals surface area contributed by atoms with E-state index in [1.807, 2.05) is 26.0 Å². The molecule has 0 atom stereocenters.